The second-order valence-electron chi connectivity index (χ2n) is 5.24. The Morgan fingerprint density at radius 2 is 1.64 bits per heavy atom. The Labute approximate surface area is 132 Å². The van der Waals surface area contributed by atoms with Gasteiger partial charge in [0, 0.05) is 21.4 Å². The SMILES string of the molecule is O=c1c2ccc(Cl)cc2[nH]c2c(-c3ccccc3)cccc12. The molecule has 0 unspecified atom stereocenters. The van der Waals surface area contributed by atoms with Crippen LogP contribution >= 0.6 is 11.6 Å². The van der Waals surface area contributed by atoms with Crippen LogP contribution in [0.25, 0.3) is 32.9 Å². The van der Waals surface area contributed by atoms with Gasteiger partial charge >= 0.3 is 0 Å². The number of hydrogen-bond donors (Lipinski definition) is 1. The molecule has 106 valence electrons. The fourth-order valence-corrected chi connectivity index (χ4v) is 3.00. The van der Waals surface area contributed by atoms with Crippen molar-refractivity contribution in [3.05, 3.63) is 82.0 Å². The number of benzene rings is 3. The summed E-state index contributed by atoms with van der Waals surface area (Å²) in [6.07, 6.45) is 0. The highest BCUT2D eigenvalue weighted by atomic mass is 35.5. The summed E-state index contributed by atoms with van der Waals surface area (Å²) in [7, 11) is 0. The highest BCUT2D eigenvalue weighted by molar-refractivity contribution is 6.31. The number of aromatic nitrogens is 1. The van der Waals surface area contributed by atoms with Crippen LogP contribution in [0.4, 0.5) is 0 Å². The zero-order chi connectivity index (χ0) is 15.1. The Morgan fingerprint density at radius 1 is 0.818 bits per heavy atom. The van der Waals surface area contributed by atoms with E-state index < -0.39 is 0 Å². The molecule has 0 aliphatic rings. The minimum Gasteiger partial charge on any atom is -0.354 e. The predicted octanol–water partition coefficient (Wildman–Crippen LogP) is 5.00. The zero-order valence-corrected chi connectivity index (χ0v) is 12.4. The first-order valence-corrected chi connectivity index (χ1v) is 7.41. The Morgan fingerprint density at radius 3 is 2.45 bits per heavy atom. The summed E-state index contributed by atoms with van der Waals surface area (Å²) >= 11 is 6.06. The van der Waals surface area contributed by atoms with E-state index in [0.717, 1.165) is 22.2 Å². The van der Waals surface area contributed by atoms with E-state index in [1.807, 2.05) is 48.5 Å². The van der Waals surface area contributed by atoms with E-state index in [-0.39, 0.29) is 5.43 Å². The molecule has 3 aromatic carbocycles. The van der Waals surface area contributed by atoms with E-state index in [2.05, 4.69) is 4.98 Å². The molecule has 0 spiro atoms. The molecule has 4 aromatic rings. The van der Waals surface area contributed by atoms with Crippen molar-refractivity contribution in [2.75, 3.05) is 0 Å². The van der Waals surface area contributed by atoms with Crippen molar-refractivity contribution in [2.45, 2.75) is 0 Å². The Hall–Kier alpha value is -2.58. The Bertz CT molecular complexity index is 1050. The third-order valence-electron chi connectivity index (χ3n) is 3.88. The van der Waals surface area contributed by atoms with E-state index in [1.165, 1.54) is 0 Å². The van der Waals surface area contributed by atoms with Gasteiger partial charge in [0.25, 0.3) is 0 Å². The van der Waals surface area contributed by atoms with Crippen molar-refractivity contribution in [1.82, 2.24) is 4.98 Å². The van der Waals surface area contributed by atoms with Gasteiger partial charge in [-0.1, -0.05) is 54.1 Å². The van der Waals surface area contributed by atoms with Crippen molar-refractivity contribution < 1.29 is 0 Å². The van der Waals surface area contributed by atoms with Crippen LogP contribution in [0, 0.1) is 0 Å². The maximum atomic E-state index is 12.7. The van der Waals surface area contributed by atoms with Crippen LogP contribution < -0.4 is 5.43 Å². The lowest BCUT2D eigenvalue weighted by Gasteiger charge is -2.09. The van der Waals surface area contributed by atoms with Crippen LogP contribution in [-0.2, 0) is 0 Å². The molecule has 0 bridgehead atoms. The van der Waals surface area contributed by atoms with Gasteiger partial charge in [-0.25, -0.2) is 0 Å². The molecular formula is C19H12ClNO. The molecule has 0 amide bonds. The van der Waals surface area contributed by atoms with Crippen LogP contribution in [0.15, 0.2) is 71.5 Å². The Kier molecular flexibility index (Phi) is 2.98. The van der Waals surface area contributed by atoms with E-state index >= 15 is 0 Å². The van der Waals surface area contributed by atoms with Gasteiger partial charge in [0.1, 0.15) is 0 Å². The van der Waals surface area contributed by atoms with E-state index in [9.17, 15) is 4.79 Å². The van der Waals surface area contributed by atoms with Crippen molar-refractivity contribution in [3.8, 4) is 11.1 Å². The van der Waals surface area contributed by atoms with Gasteiger partial charge in [-0.2, -0.15) is 0 Å². The average molecular weight is 306 g/mol. The molecule has 0 saturated carbocycles. The summed E-state index contributed by atoms with van der Waals surface area (Å²) in [5.41, 5.74) is 3.71. The largest absolute Gasteiger partial charge is 0.354 e. The first-order chi connectivity index (χ1) is 10.7. The molecule has 4 rings (SSSR count). The molecule has 1 aromatic heterocycles. The molecule has 22 heavy (non-hydrogen) atoms. The molecule has 0 saturated heterocycles. The molecule has 0 aliphatic carbocycles. The topological polar surface area (TPSA) is 32.9 Å². The number of halogens is 1. The fourth-order valence-electron chi connectivity index (χ4n) is 2.83. The van der Waals surface area contributed by atoms with Crippen molar-refractivity contribution in [2.24, 2.45) is 0 Å². The summed E-state index contributed by atoms with van der Waals surface area (Å²) in [6.45, 7) is 0. The summed E-state index contributed by atoms with van der Waals surface area (Å²) < 4.78 is 0. The quantitative estimate of drug-likeness (QED) is 0.493. The molecule has 0 fully saturated rings. The van der Waals surface area contributed by atoms with Crippen LogP contribution in [0.3, 0.4) is 0 Å². The third kappa shape index (κ3) is 2.00. The second-order valence-corrected chi connectivity index (χ2v) is 5.67. The smallest absolute Gasteiger partial charge is 0.197 e. The normalized spacial score (nSPS) is 11.1. The Balaban J connectivity index is 2.17. The van der Waals surface area contributed by atoms with Gasteiger partial charge in [0.2, 0.25) is 0 Å². The number of nitrogens with one attached hydrogen (secondary N) is 1. The lowest BCUT2D eigenvalue weighted by atomic mass is 10.0. The molecular weight excluding hydrogens is 294 g/mol. The highest BCUT2D eigenvalue weighted by Crippen LogP contribution is 2.27. The maximum Gasteiger partial charge on any atom is 0.197 e. The van der Waals surface area contributed by atoms with E-state index in [0.29, 0.717) is 15.8 Å². The van der Waals surface area contributed by atoms with Crippen LogP contribution in [0.1, 0.15) is 0 Å². The van der Waals surface area contributed by atoms with Gasteiger partial charge in [-0.3, -0.25) is 4.79 Å². The zero-order valence-electron chi connectivity index (χ0n) is 11.6. The minimum atomic E-state index is 0.0261. The molecule has 3 heteroatoms. The first kappa shape index (κ1) is 13.1. The molecule has 0 aliphatic heterocycles. The first-order valence-electron chi connectivity index (χ1n) is 7.04. The summed E-state index contributed by atoms with van der Waals surface area (Å²) in [5, 5.41) is 1.96. The van der Waals surface area contributed by atoms with Gasteiger partial charge in [0.15, 0.2) is 5.43 Å². The minimum absolute atomic E-state index is 0.0261. The predicted molar refractivity (Wildman–Crippen MR) is 92.5 cm³/mol. The van der Waals surface area contributed by atoms with Gasteiger partial charge < -0.3 is 4.98 Å². The third-order valence-corrected chi connectivity index (χ3v) is 4.11. The number of aromatic amines is 1. The summed E-state index contributed by atoms with van der Waals surface area (Å²) in [6, 6.07) is 21.1. The number of fused-ring (bicyclic) bond motifs is 2. The van der Waals surface area contributed by atoms with Crippen molar-refractivity contribution in [1.29, 1.82) is 0 Å². The molecule has 1 heterocycles. The number of rotatable bonds is 1. The summed E-state index contributed by atoms with van der Waals surface area (Å²) in [4.78, 5) is 16.1. The van der Waals surface area contributed by atoms with Crippen LogP contribution in [0.5, 0.6) is 0 Å². The number of pyridine rings is 1. The maximum absolute atomic E-state index is 12.7. The van der Waals surface area contributed by atoms with E-state index in [4.69, 9.17) is 11.6 Å². The fraction of sp³-hybridized carbons (Fsp3) is 0. The standard InChI is InChI=1S/C19H12ClNO/c20-13-9-10-15-17(11-13)21-18-14(12-5-2-1-3-6-12)7-4-8-16(18)19(15)22/h1-11H,(H,21,22). The molecule has 0 atom stereocenters. The molecule has 2 nitrogen and oxygen atoms in total. The monoisotopic (exact) mass is 305 g/mol. The molecule has 0 radical (unpaired) electrons. The van der Waals surface area contributed by atoms with Gasteiger partial charge in [-0.05, 0) is 29.8 Å². The van der Waals surface area contributed by atoms with E-state index in [1.54, 1.807) is 18.2 Å². The van der Waals surface area contributed by atoms with Crippen molar-refractivity contribution >= 4 is 33.4 Å². The lowest BCUT2D eigenvalue weighted by Crippen LogP contribution is -2.04. The van der Waals surface area contributed by atoms with Gasteiger partial charge in [-0.15, -0.1) is 0 Å². The number of H-pyrrole nitrogens is 1. The highest BCUT2D eigenvalue weighted by Gasteiger charge is 2.10. The lowest BCUT2D eigenvalue weighted by molar-refractivity contribution is 1.47. The average Bonchev–Trinajstić information content (AvgIpc) is 2.55. The summed E-state index contributed by atoms with van der Waals surface area (Å²) in [5.74, 6) is 0. The number of hydrogen-bond acceptors (Lipinski definition) is 1. The van der Waals surface area contributed by atoms with Crippen molar-refractivity contribution in [3.63, 3.8) is 0 Å². The van der Waals surface area contributed by atoms with Crippen LogP contribution in [-0.4, -0.2) is 4.98 Å². The van der Waals surface area contributed by atoms with Crippen LogP contribution in [0.2, 0.25) is 5.02 Å². The molecule has 1 N–H and O–H groups in total. The second kappa shape index (κ2) is 5.00. The van der Waals surface area contributed by atoms with Gasteiger partial charge in [0.05, 0.1) is 11.0 Å². The number of para-hydroxylation sites is 1.